The summed E-state index contributed by atoms with van der Waals surface area (Å²) in [7, 11) is 1.70. The summed E-state index contributed by atoms with van der Waals surface area (Å²) in [6.45, 7) is 5.63. The maximum atomic E-state index is 5.07. The average Bonchev–Trinajstić information content (AvgIpc) is 3.12. The van der Waals surface area contributed by atoms with Crippen LogP contribution in [-0.2, 0) is 17.7 Å². The maximum absolute atomic E-state index is 5.07. The molecule has 0 amide bonds. The monoisotopic (exact) mass is 369 g/mol. The van der Waals surface area contributed by atoms with Crippen molar-refractivity contribution in [3.8, 4) is 0 Å². The molecule has 0 atom stereocenters. The van der Waals surface area contributed by atoms with Gasteiger partial charge in [-0.2, -0.15) is 0 Å². The second-order valence-electron chi connectivity index (χ2n) is 6.48. The molecule has 0 unspecified atom stereocenters. The Morgan fingerprint density at radius 1 is 1.08 bits per heavy atom. The van der Waals surface area contributed by atoms with Gasteiger partial charge in [0, 0.05) is 64.2 Å². The summed E-state index contributed by atoms with van der Waals surface area (Å²) in [4.78, 5) is 18.5. The molecule has 3 heterocycles. The van der Waals surface area contributed by atoms with E-state index in [-0.39, 0.29) is 0 Å². The highest BCUT2D eigenvalue weighted by atomic mass is 32.1. The molecule has 0 bridgehead atoms. The van der Waals surface area contributed by atoms with Gasteiger partial charge >= 0.3 is 0 Å². The van der Waals surface area contributed by atoms with Gasteiger partial charge in [-0.05, 0) is 12.1 Å². The Morgan fingerprint density at radius 2 is 1.85 bits per heavy atom. The Labute approximate surface area is 157 Å². The predicted octanol–water partition coefficient (Wildman–Crippen LogP) is 2.60. The van der Waals surface area contributed by atoms with Crippen LogP contribution in [0.15, 0.2) is 36.7 Å². The standard InChI is InChI=1S/C19H23N5OS/c1-25-11-6-18-20-12-15(13-21-18)14-23-7-9-24(10-8-23)19-22-16-4-2-3-5-17(16)26-19/h2-5,12-13H,6-11,14H2,1H3. The van der Waals surface area contributed by atoms with Crippen LogP contribution in [0.2, 0.25) is 0 Å². The summed E-state index contributed by atoms with van der Waals surface area (Å²) in [5.41, 5.74) is 2.26. The molecule has 1 aliphatic rings. The first-order valence-corrected chi connectivity index (χ1v) is 9.75. The van der Waals surface area contributed by atoms with Crippen LogP contribution < -0.4 is 4.90 Å². The van der Waals surface area contributed by atoms with E-state index in [1.54, 1.807) is 18.4 Å². The van der Waals surface area contributed by atoms with Crippen molar-refractivity contribution in [1.82, 2.24) is 19.9 Å². The van der Waals surface area contributed by atoms with Gasteiger partial charge in [0.05, 0.1) is 16.8 Å². The van der Waals surface area contributed by atoms with Crippen LogP contribution in [0.4, 0.5) is 5.13 Å². The molecule has 1 aromatic carbocycles. The predicted molar refractivity (Wildman–Crippen MR) is 105 cm³/mol. The highest BCUT2D eigenvalue weighted by Crippen LogP contribution is 2.29. The number of ether oxygens (including phenoxy) is 1. The third-order valence-corrected chi connectivity index (χ3v) is 5.72. The van der Waals surface area contributed by atoms with Crippen molar-refractivity contribution in [2.45, 2.75) is 13.0 Å². The molecule has 0 aliphatic carbocycles. The third kappa shape index (κ3) is 4.00. The number of fused-ring (bicyclic) bond motifs is 1. The van der Waals surface area contributed by atoms with E-state index in [4.69, 9.17) is 9.72 Å². The molecule has 0 N–H and O–H groups in total. The molecule has 0 spiro atoms. The lowest BCUT2D eigenvalue weighted by Gasteiger charge is -2.34. The Bertz CT molecular complexity index is 810. The van der Waals surface area contributed by atoms with Crippen LogP contribution >= 0.6 is 11.3 Å². The SMILES string of the molecule is COCCc1ncc(CN2CCN(c3nc4ccccc4s3)CC2)cn1. The summed E-state index contributed by atoms with van der Waals surface area (Å²) in [6.07, 6.45) is 4.65. The van der Waals surface area contributed by atoms with Crippen molar-refractivity contribution < 1.29 is 4.74 Å². The van der Waals surface area contributed by atoms with Crippen LogP contribution in [0.5, 0.6) is 0 Å². The number of nitrogens with zero attached hydrogens (tertiary/aromatic N) is 5. The van der Waals surface area contributed by atoms with Gasteiger partial charge < -0.3 is 9.64 Å². The minimum Gasteiger partial charge on any atom is -0.384 e. The second kappa shape index (κ2) is 8.07. The van der Waals surface area contributed by atoms with Crippen LogP contribution in [0.25, 0.3) is 10.2 Å². The van der Waals surface area contributed by atoms with Crippen molar-refractivity contribution in [3.05, 3.63) is 48.0 Å². The lowest BCUT2D eigenvalue weighted by Crippen LogP contribution is -2.45. The molecule has 1 fully saturated rings. The molecule has 136 valence electrons. The Hall–Kier alpha value is -2.09. The number of aromatic nitrogens is 3. The molecule has 1 saturated heterocycles. The van der Waals surface area contributed by atoms with Crippen LogP contribution in [0.1, 0.15) is 11.4 Å². The fourth-order valence-corrected chi connectivity index (χ4v) is 4.15. The van der Waals surface area contributed by atoms with Crippen molar-refractivity contribution >= 4 is 26.7 Å². The van der Waals surface area contributed by atoms with Crippen molar-refractivity contribution in [2.24, 2.45) is 0 Å². The van der Waals surface area contributed by atoms with Crippen molar-refractivity contribution in [1.29, 1.82) is 0 Å². The number of para-hydroxylation sites is 1. The minimum atomic E-state index is 0.660. The summed E-state index contributed by atoms with van der Waals surface area (Å²) in [5, 5.41) is 1.14. The van der Waals surface area contributed by atoms with Crippen LogP contribution in [0, 0.1) is 0 Å². The van der Waals surface area contributed by atoms with Crippen LogP contribution in [-0.4, -0.2) is 59.7 Å². The number of benzene rings is 1. The molecule has 6 nitrogen and oxygen atoms in total. The molecule has 0 saturated carbocycles. The number of thiazole rings is 1. The average molecular weight is 369 g/mol. The zero-order chi connectivity index (χ0) is 17.8. The van der Waals surface area contributed by atoms with Gasteiger partial charge in [-0.3, -0.25) is 4.90 Å². The second-order valence-corrected chi connectivity index (χ2v) is 7.49. The highest BCUT2D eigenvalue weighted by molar-refractivity contribution is 7.22. The van der Waals surface area contributed by atoms with Gasteiger partial charge in [0.1, 0.15) is 5.82 Å². The van der Waals surface area contributed by atoms with Crippen LogP contribution in [0.3, 0.4) is 0 Å². The number of hydrogen-bond acceptors (Lipinski definition) is 7. The fourth-order valence-electron chi connectivity index (χ4n) is 3.14. The normalized spacial score (nSPS) is 15.7. The van der Waals surface area contributed by atoms with Gasteiger partial charge in [0.25, 0.3) is 0 Å². The molecular formula is C19H23N5OS. The highest BCUT2D eigenvalue weighted by Gasteiger charge is 2.20. The third-order valence-electron chi connectivity index (χ3n) is 4.62. The molecule has 7 heteroatoms. The van der Waals surface area contributed by atoms with Gasteiger partial charge in [0.15, 0.2) is 5.13 Å². The lowest BCUT2D eigenvalue weighted by molar-refractivity contribution is 0.200. The van der Waals surface area contributed by atoms with E-state index in [2.05, 4.69) is 38.0 Å². The Kier molecular flexibility index (Phi) is 5.38. The number of methoxy groups -OCH3 is 1. The number of rotatable bonds is 6. The Morgan fingerprint density at radius 3 is 2.58 bits per heavy atom. The summed E-state index contributed by atoms with van der Waals surface area (Å²) >= 11 is 1.78. The van der Waals surface area contributed by atoms with E-state index < -0.39 is 0 Å². The van der Waals surface area contributed by atoms with E-state index in [1.165, 1.54) is 10.3 Å². The van der Waals surface area contributed by atoms with E-state index in [0.29, 0.717) is 6.61 Å². The largest absolute Gasteiger partial charge is 0.384 e. The molecular weight excluding hydrogens is 346 g/mol. The summed E-state index contributed by atoms with van der Waals surface area (Å²) in [5.74, 6) is 0.844. The van der Waals surface area contributed by atoms with Gasteiger partial charge in [-0.15, -0.1) is 0 Å². The summed E-state index contributed by atoms with van der Waals surface area (Å²) in [6, 6.07) is 8.35. The van der Waals surface area contributed by atoms with Gasteiger partial charge in [-0.25, -0.2) is 15.0 Å². The minimum absolute atomic E-state index is 0.660. The molecule has 26 heavy (non-hydrogen) atoms. The zero-order valence-corrected chi connectivity index (χ0v) is 15.8. The first-order valence-electron chi connectivity index (χ1n) is 8.93. The summed E-state index contributed by atoms with van der Waals surface area (Å²) < 4.78 is 6.33. The topological polar surface area (TPSA) is 54.4 Å². The van der Waals surface area contributed by atoms with E-state index in [1.807, 2.05) is 18.5 Å². The molecule has 0 radical (unpaired) electrons. The molecule has 2 aromatic heterocycles. The van der Waals surface area contributed by atoms with Crippen molar-refractivity contribution in [2.75, 3.05) is 44.8 Å². The van der Waals surface area contributed by atoms with E-state index in [9.17, 15) is 0 Å². The van der Waals surface area contributed by atoms with Gasteiger partial charge in [0.2, 0.25) is 0 Å². The first kappa shape index (κ1) is 17.3. The zero-order valence-electron chi connectivity index (χ0n) is 15.0. The van der Waals surface area contributed by atoms with Crippen molar-refractivity contribution in [3.63, 3.8) is 0 Å². The number of hydrogen-bond donors (Lipinski definition) is 0. The smallest absolute Gasteiger partial charge is 0.186 e. The molecule has 4 rings (SSSR count). The number of piperazine rings is 1. The Balaban J connectivity index is 1.32. The lowest BCUT2D eigenvalue weighted by atomic mass is 10.2. The van der Waals surface area contributed by atoms with E-state index >= 15 is 0 Å². The quantitative estimate of drug-likeness (QED) is 0.666. The first-order chi connectivity index (χ1) is 12.8. The molecule has 1 aliphatic heterocycles. The van der Waals surface area contributed by atoms with Gasteiger partial charge in [-0.1, -0.05) is 23.5 Å². The fraction of sp³-hybridized carbons (Fsp3) is 0.421. The number of anilines is 1. The molecule has 3 aromatic rings. The van der Waals surface area contributed by atoms with E-state index in [0.717, 1.165) is 55.6 Å². The maximum Gasteiger partial charge on any atom is 0.186 e.